The Kier molecular flexibility index (Phi) is 6.83. The summed E-state index contributed by atoms with van der Waals surface area (Å²) in [5.41, 5.74) is 1.10. The fourth-order valence-electron chi connectivity index (χ4n) is 2.27. The molecule has 0 saturated heterocycles. The SMILES string of the molecule is CN(Cc1ccc(Cl)s1)C(=O)CS(=O)(=O)CCCc1ccccc1. The molecule has 1 heterocycles. The second-order valence-electron chi connectivity index (χ2n) is 5.64. The van der Waals surface area contributed by atoms with E-state index in [1.807, 2.05) is 36.4 Å². The molecule has 0 aliphatic rings. The van der Waals surface area contributed by atoms with Crippen molar-refractivity contribution in [1.29, 1.82) is 0 Å². The first kappa shape index (κ1) is 19.0. The zero-order chi connectivity index (χ0) is 17.6. The molecule has 0 N–H and O–H groups in total. The van der Waals surface area contributed by atoms with Gasteiger partial charge in [0.15, 0.2) is 9.84 Å². The summed E-state index contributed by atoms with van der Waals surface area (Å²) < 4.78 is 24.9. The van der Waals surface area contributed by atoms with Crippen LogP contribution in [-0.2, 0) is 27.6 Å². The Bertz CT molecular complexity index is 772. The molecule has 130 valence electrons. The maximum absolute atomic E-state index is 12.1. The molecule has 0 unspecified atom stereocenters. The maximum Gasteiger partial charge on any atom is 0.237 e. The van der Waals surface area contributed by atoms with Gasteiger partial charge >= 0.3 is 0 Å². The highest BCUT2D eigenvalue weighted by molar-refractivity contribution is 7.92. The summed E-state index contributed by atoms with van der Waals surface area (Å²) in [4.78, 5) is 14.5. The highest BCUT2D eigenvalue weighted by Gasteiger charge is 2.20. The highest BCUT2D eigenvalue weighted by Crippen LogP contribution is 2.22. The summed E-state index contributed by atoms with van der Waals surface area (Å²) in [7, 11) is -1.79. The molecule has 1 amide bonds. The van der Waals surface area contributed by atoms with Crippen molar-refractivity contribution in [3.05, 3.63) is 57.2 Å². The molecule has 2 aromatic rings. The van der Waals surface area contributed by atoms with E-state index in [0.717, 1.165) is 10.4 Å². The van der Waals surface area contributed by atoms with E-state index in [0.29, 0.717) is 23.7 Å². The number of aryl methyl sites for hydroxylation is 1. The van der Waals surface area contributed by atoms with E-state index in [9.17, 15) is 13.2 Å². The van der Waals surface area contributed by atoms with Crippen LogP contribution < -0.4 is 0 Å². The molecule has 4 nitrogen and oxygen atoms in total. The lowest BCUT2D eigenvalue weighted by Crippen LogP contribution is -2.32. The molecule has 0 spiro atoms. The van der Waals surface area contributed by atoms with Crippen molar-refractivity contribution in [3.63, 3.8) is 0 Å². The fourth-order valence-corrected chi connectivity index (χ4v) is 4.74. The predicted molar refractivity (Wildman–Crippen MR) is 99.2 cm³/mol. The molecule has 0 radical (unpaired) electrons. The van der Waals surface area contributed by atoms with Crippen LogP contribution in [0.15, 0.2) is 42.5 Å². The Morgan fingerprint density at radius 2 is 1.88 bits per heavy atom. The van der Waals surface area contributed by atoms with Crippen molar-refractivity contribution >= 4 is 38.7 Å². The first-order valence-electron chi connectivity index (χ1n) is 7.58. The van der Waals surface area contributed by atoms with Gasteiger partial charge in [-0.05, 0) is 30.5 Å². The average Bonchev–Trinajstić information content (AvgIpc) is 2.92. The second kappa shape index (κ2) is 8.65. The molecule has 2 rings (SSSR count). The quantitative estimate of drug-likeness (QED) is 0.699. The second-order valence-corrected chi connectivity index (χ2v) is 9.62. The van der Waals surface area contributed by atoms with Crippen molar-refractivity contribution in [3.8, 4) is 0 Å². The summed E-state index contributed by atoms with van der Waals surface area (Å²) in [5, 5.41) is 0. The van der Waals surface area contributed by atoms with Crippen LogP contribution in [0.1, 0.15) is 16.9 Å². The van der Waals surface area contributed by atoms with Crippen LogP contribution in [0.2, 0.25) is 4.34 Å². The number of hydrogen-bond donors (Lipinski definition) is 0. The third kappa shape index (κ3) is 6.26. The molecule has 0 aliphatic carbocycles. The number of sulfone groups is 1. The molecule has 0 saturated carbocycles. The van der Waals surface area contributed by atoms with Gasteiger partial charge in [0.2, 0.25) is 5.91 Å². The minimum Gasteiger partial charge on any atom is -0.340 e. The Labute approximate surface area is 152 Å². The van der Waals surface area contributed by atoms with Crippen LogP contribution in [0.5, 0.6) is 0 Å². The zero-order valence-corrected chi connectivity index (χ0v) is 15.8. The molecule has 0 atom stereocenters. The maximum atomic E-state index is 12.1. The fraction of sp³-hybridized carbons (Fsp3) is 0.353. The molecule has 7 heteroatoms. The van der Waals surface area contributed by atoms with E-state index in [-0.39, 0.29) is 11.7 Å². The minimum absolute atomic E-state index is 0.0201. The number of hydrogen-bond acceptors (Lipinski definition) is 4. The van der Waals surface area contributed by atoms with E-state index >= 15 is 0 Å². The van der Waals surface area contributed by atoms with Gasteiger partial charge in [-0.25, -0.2) is 8.42 Å². The molecule has 1 aromatic carbocycles. The van der Waals surface area contributed by atoms with Crippen LogP contribution in [0.3, 0.4) is 0 Å². The van der Waals surface area contributed by atoms with Gasteiger partial charge in [-0.15, -0.1) is 11.3 Å². The Morgan fingerprint density at radius 1 is 1.17 bits per heavy atom. The third-order valence-electron chi connectivity index (χ3n) is 3.55. The van der Waals surface area contributed by atoms with Gasteiger partial charge in [-0.1, -0.05) is 41.9 Å². The van der Waals surface area contributed by atoms with E-state index in [4.69, 9.17) is 11.6 Å². The lowest BCUT2D eigenvalue weighted by Gasteiger charge is -2.16. The molecule has 24 heavy (non-hydrogen) atoms. The van der Waals surface area contributed by atoms with Gasteiger partial charge in [-0.2, -0.15) is 0 Å². The third-order valence-corrected chi connectivity index (χ3v) is 6.37. The average molecular weight is 386 g/mol. The van der Waals surface area contributed by atoms with Crippen molar-refractivity contribution < 1.29 is 13.2 Å². The normalized spacial score (nSPS) is 11.4. The van der Waals surface area contributed by atoms with Gasteiger partial charge < -0.3 is 4.90 Å². The van der Waals surface area contributed by atoms with Crippen molar-refractivity contribution in [2.75, 3.05) is 18.6 Å². The lowest BCUT2D eigenvalue weighted by molar-refractivity contribution is -0.127. The van der Waals surface area contributed by atoms with Crippen LogP contribution >= 0.6 is 22.9 Å². The predicted octanol–water partition coefficient (Wildman–Crippen LogP) is 3.41. The number of amides is 1. The van der Waals surface area contributed by atoms with E-state index in [1.165, 1.54) is 16.2 Å². The van der Waals surface area contributed by atoms with Gasteiger partial charge in [0, 0.05) is 11.9 Å². The first-order valence-corrected chi connectivity index (χ1v) is 10.6. The Morgan fingerprint density at radius 3 is 2.50 bits per heavy atom. The van der Waals surface area contributed by atoms with Crippen LogP contribution in [0, 0.1) is 0 Å². The summed E-state index contributed by atoms with van der Waals surface area (Å²) >= 11 is 7.24. The Hall–Kier alpha value is -1.37. The van der Waals surface area contributed by atoms with Gasteiger partial charge in [0.05, 0.1) is 16.6 Å². The van der Waals surface area contributed by atoms with E-state index < -0.39 is 15.6 Å². The Balaban J connectivity index is 1.80. The van der Waals surface area contributed by atoms with Crippen molar-refractivity contribution in [2.24, 2.45) is 0 Å². The molecule has 0 fully saturated rings. The molecular formula is C17H20ClNO3S2. The number of carbonyl (C=O) groups excluding carboxylic acids is 1. The van der Waals surface area contributed by atoms with Crippen LogP contribution in [-0.4, -0.2) is 37.8 Å². The monoisotopic (exact) mass is 385 g/mol. The highest BCUT2D eigenvalue weighted by atomic mass is 35.5. The number of thiophene rings is 1. The zero-order valence-electron chi connectivity index (χ0n) is 13.4. The molecule has 0 bridgehead atoms. The van der Waals surface area contributed by atoms with E-state index in [2.05, 4.69) is 0 Å². The van der Waals surface area contributed by atoms with Gasteiger partial charge in [0.25, 0.3) is 0 Å². The molecule has 1 aromatic heterocycles. The van der Waals surface area contributed by atoms with Gasteiger partial charge in [0.1, 0.15) is 5.75 Å². The summed E-state index contributed by atoms with van der Waals surface area (Å²) in [6.45, 7) is 0.371. The molecule has 0 aliphatic heterocycles. The summed E-state index contributed by atoms with van der Waals surface area (Å²) in [6, 6.07) is 13.3. The topological polar surface area (TPSA) is 54.5 Å². The smallest absolute Gasteiger partial charge is 0.237 e. The van der Waals surface area contributed by atoms with Crippen LogP contribution in [0.4, 0.5) is 0 Å². The van der Waals surface area contributed by atoms with Gasteiger partial charge in [-0.3, -0.25) is 4.79 Å². The number of benzene rings is 1. The minimum atomic E-state index is -3.40. The van der Waals surface area contributed by atoms with E-state index in [1.54, 1.807) is 13.1 Å². The van der Waals surface area contributed by atoms with Crippen molar-refractivity contribution in [2.45, 2.75) is 19.4 Å². The first-order chi connectivity index (χ1) is 11.4. The summed E-state index contributed by atoms with van der Waals surface area (Å²) in [5.74, 6) is -0.816. The number of carbonyl (C=O) groups is 1. The molecular weight excluding hydrogens is 366 g/mol. The number of rotatable bonds is 8. The lowest BCUT2D eigenvalue weighted by atomic mass is 10.1. The van der Waals surface area contributed by atoms with Crippen LogP contribution in [0.25, 0.3) is 0 Å². The number of halogens is 1. The standard InChI is InChI=1S/C17H20ClNO3S2/c1-19(12-15-9-10-16(18)23-15)17(20)13-24(21,22)11-5-8-14-6-3-2-4-7-14/h2-4,6-7,9-10H,5,8,11-13H2,1H3. The largest absolute Gasteiger partial charge is 0.340 e. The summed E-state index contributed by atoms with van der Waals surface area (Å²) in [6.07, 6.45) is 1.21. The van der Waals surface area contributed by atoms with Crippen molar-refractivity contribution in [1.82, 2.24) is 4.90 Å². The number of nitrogens with zero attached hydrogens (tertiary/aromatic N) is 1.